The van der Waals surface area contributed by atoms with Crippen molar-refractivity contribution < 1.29 is 9.90 Å². The highest BCUT2D eigenvalue weighted by atomic mass is 32.2. The van der Waals surface area contributed by atoms with E-state index in [4.69, 9.17) is 5.11 Å². The van der Waals surface area contributed by atoms with Crippen molar-refractivity contribution in [2.24, 2.45) is 7.05 Å². The van der Waals surface area contributed by atoms with Gasteiger partial charge in [0.15, 0.2) is 5.16 Å². The number of nitrogens with zero attached hydrogens (tertiary/aromatic N) is 2. The standard InChI is InChI=1S/C16H21N3O2S/c1-11-6-4-5-7-13(11)8-17-15(21)12(2)22-16-18-9-14(10-20)19(16)3/h4-7,9,12,20H,8,10H2,1-3H3,(H,17,21). The van der Waals surface area contributed by atoms with Crippen LogP contribution in [-0.4, -0.2) is 25.8 Å². The number of nitrogens with one attached hydrogen (secondary N) is 1. The van der Waals surface area contributed by atoms with Gasteiger partial charge in [-0.1, -0.05) is 36.0 Å². The summed E-state index contributed by atoms with van der Waals surface area (Å²) in [7, 11) is 1.83. The van der Waals surface area contributed by atoms with Crippen molar-refractivity contribution in [1.29, 1.82) is 0 Å². The topological polar surface area (TPSA) is 67.2 Å². The van der Waals surface area contributed by atoms with Crippen LogP contribution < -0.4 is 5.32 Å². The first-order valence-corrected chi connectivity index (χ1v) is 8.01. The van der Waals surface area contributed by atoms with Crippen molar-refractivity contribution in [3.05, 3.63) is 47.3 Å². The Kier molecular flexibility index (Phi) is 5.63. The predicted molar refractivity (Wildman–Crippen MR) is 87.5 cm³/mol. The van der Waals surface area contributed by atoms with E-state index in [2.05, 4.69) is 10.3 Å². The molecule has 0 radical (unpaired) electrons. The summed E-state index contributed by atoms with van der Waals surface area (Å²) in [6.07, 6.45) is 1.63. The zero-order valence-electron chi connectivity index (χ0n) is 13.0. The zero-order chi connectivity index (χ0) is 16.1. The number of imidazole rings is 1. The zero-order valence-corrected chi connectivity index (χ0v) is 13.9. The number of hydrogen-bond donors (Lipinski definition) is 2. The van der Waals surface area contributed by atoms with Crippen LogP contribution in [0.5, 0.6) is 0 Å². The second kappa shape index (κ2) is 7.47. The van der Waals surface area contributed by atoms with E-state index in [0.29, 0.717) is 6.54 Å². The lowest BCUT2D eigenvalue weighted by Gasteiger charge is -2.13. The van der Waals surface area contributed by atoms with Crippen LogP contribution in [0.1, 0.15) is 23.7 Å². The number of thioether (sulfide) groups is 1. The highest BCUT2D eigenvalue weighted by molar-refractivity contribution is 8.00. The molecule has 2 N–H and O–H groups in total. The molecule has 1 unspecified atom stereocenters. The molecule has 1 atom stereocenters. The maximum absolute atomic E-state index is 12.2. The van der Waals surface area contributed by atoms with E-state index in [-0.39, 0.29) is 17.8 Å². The average Bonchev–Trinajstić information content (AvgIpc) is 2.86. The van der Waals surface area contributed by atoms with Gasteiger partial charge in [0, 0.05) is 13.6 Å². The fourth-order valence-electron chi connectivity index (χ4n) is 2.03. The first kappa shape index (κ1) is 16.6. The van der Waals surface area contributed by atoms with Gasteiger partial charge in [0.25, 0.3) is 0 Å². The van der Waals surface area contributed by atoms with Gasteiger partial charge in [-0.25, -0.2) is 4.98 Å². The fraction of sp³-hybridized carbons (Fsp3) is 0.375. The molecule has 2 rings (SSSR count). The van der Waals surface area contributed by atoms with Crippen LogP contribution >= 0.6 is 11.8 Å². The summed E-state index contributed by atoms with van der Waals surface area (Å²) in [5.41, 5.74) is 3.02. The lowest BCUT2D eigenvalue weighted by atomic mass is 10.1. The largest absolute Gasteiger partial charge is 0.390 e. The summed E-state index contributed by atoms with van der Waals surface area (Å²) in [5.74, 6) is -0.0261. The van der Waals surface area contributed by atoms with Crippen molar-refractivity contribution in [2.75, 3.05) is 0 Å². The highest BCUT2D eigenvalue weighted by Gasteiger charge is 2.17. The van der Waals surface area contributed by atoms with Gasteiger partial charge in [0.1, 0.15) is 0 Å². The molecule has 0 bridgehead atoms. The molecule has 6 heteroatoms. The Bertz CT molecular complexity index is 655. The SMILES string of the molecule is Cc1ccccc1CNC(=O)C(C)Sc1ncc(CO)n1C. The summed E-state index contributed by atoms with van der Waals surface area (Å²) in [6, 6.07) is 8.00. The molecule has 0 spiro atoms. The Morgan fingerprint density at radius 2 is 2.18 bits per heavy atom. The molecule has 0 aliphatic rings. The molecule has 1 amide bonds. The van der Waals surface area contributed by atoms with E-state index in [1.807, 2.05) is 45.2 Å². The van der Waals surface area contributed by atoms with E-state index in [1.165, 1.54) is 17.3 Å². The summed E-state index contributed by atoms with van der Waals surface area (Å²) in [6.45, 7) is 4.35. The van der Waals surface area contributed by atoms with E-state index >= 15 is 0 Å². The first-order chi connectivity index (χ1) is 10.5. The van der Waals surface area contributed by atoms with Crippen LogP contribution in [0.4, 0.5) is 0 Å². The maximum Gasteiger partial charge on any atom is 0.233 e. The van der Waals surface area contributed by atoms with E-state index < -0.39 is 0 Å². The second-order valence-electron chi connectivity index (χ2n) is 5.15. The quantitative estimate of drug-likeness (QED) is 0.800. The predicted octanol–water partition coefficient (Wildman–Crippen LogP) is 2.02. The summed E-state index contributed by atoms with van der Waals surface area (Å²) in [4.78, 5) is 16.4. The highest BCUT2D eigenvalue weighted by Crippen LogP contribution is 2.22. The Morgan fingerprint density at radius 3 is 2.82 bits per heavy atom. The number of aromatic nitrogens is 2. The Balaban J connectivity index is 1.92. The molecule has 22 heavy (non-hydrogen) atoms. The maximum atomic E-state index is 12.2. The third kappa shape index (κ3) is 3.90. The minimum Gasteiger partial charge on any atom is -0.390 e. The van der Waals surface area contributed by atoms with Gasteiger partial charge in [-0.3, -0.25) is 4.79 Å². The van der Waals surface area contributed by atoms with Gasteiger partial charge in [0.05, 0.1) is 23.7 Å². The van der Waals surface area contributed by atoms with Gasteiger partial charge >= 0.3 is 0 Å². The Morgan fingerprint density at radius 1 is 1.45 bits per heavy atom. The van der Waals surface area contributed by atoms with Gasteiger partial charge in [-0.05, 0) is 25.0 Å². The van der Waals surface area contributed by atoms with Crippen molar-refractivity contribution in [1.82, 2.24) is 14.9 Å². The normalized spacial score (nSPS) is 12.2. The molecular formula is C16H21N3O2S. The number of rotatable bonds is 6. The number of carbonyl (C=O) groups excluding carboxylic acids is 1. The van der Waals surface area contributed by atoms with E-state index in [1.54, 1.807) is 10.8 Å². The molecule has 0 saturated heterocycles. The van der Waals surface area contributed by atoms with Crippen molar-refractivity contribution in [3.63, 3.8) is 0 Å². The van der Waals surface area contributed by atoms with Crippen LogP contribution in [0.2, 0.25) is 0 Å². The van der Waals surface area contributed by atoms with E-state index in [0.717, 1.165) is 16.4 Å². The summed E-state index contributed by atoms with van der Waals surface area (Å²) in [5, 5.41) is 12.6. The average molecular weight is 319 g/mol. The number of aliphatic hydroxyl groups excluding tert-OH is 1. The summed E-state index contributed by atoms with van der Waals surface area (Å²) < 4.78 is 1.80. The van der Waals surface area contributed by atoms with Gasteiger partial charge in [0.2, 0.25) is 5.91 Å². The lowest BCUT2D eigenvalue weighted by molar-refractivity contribution is -0.120. The second-order valence-corrected chi connectivity index (χ2v) is 6.46. The molecule has 2 aromatic rings. The number of hydrogen-bond acceptors (Lipinski definition) is 4. The van der Waals surface area contributed by atoms with Crippen LogP contribution in [0.15, 0.2) is 35.6 Å². The molecule has 1 aromatic heterocycles. The smallest absolute Gasteiger partial charge is 0.233 e. The molecule has 0 fully saturated rings. The van der Waals surface area contributed by atoms with Crippen LogP contribution in [-0.2, 0) is 25.0 Å². The van der Waals surface area contributed by atoms with Crippen molar-refractivity contribution >= 4 is 17.7 Å². The third-order valence-electron chi connectivity index (χ3n) is 3.57. The monoisotopic (exact) mass is 319 g/mol. The Labute approximate surface area is 134 Å². The Hall–Kier alpha value is -1.79. The summed E-state index contributed by atoms with van der Waals surface area (Å²) >= 11 is 1.38. The molecule has 0 saturated carbocycles. The lowest BCUT2D eigenvalue weighted by Crippen LogP contribution is -2.30. The number of carbonyl (C=O) groups is 1. The van der Waals surface area contributed by atoms with Crippen LogP contribution in [0.3, 0.4) is 0 Å². The molecule has 5 nitrogen and oxygen atoms in total. The minimum atomic E-state index is -0.253. The molecule has 0 aliphatic heterocycles. The van der Waals surface area contributed by atoms with Crippen molar-refractivity contribution in [2.45, 2.75) is 37.4 Å². The van der Waals surface area contributed by atoms with Crippen LogP contribution in [0.25, 0.3) is 0 Å². The molecule has 1 aromatic carbocycles. The first-order valence-electron chi connectivity index (χ1n) is 7.13. The number of benzene rings is 1. The third-order valence-corrected chi connectivity index (χ3v) is 4.73. The molecule has 118 valence electrons. The van der Waals surface area contributed by atoms with Gasteiger partial charge < -0.3 is 15.0 Å². The fourth-order valence-corrected chi connectivity index (χ4v) is 2.92. The number of amides is 1. The van der Waals surface area contributed by atoms with Gasteiger partial charge in [-0.15, -0.1) is 0 Å². The number of aryl methyl sites for hydroxylation is 1. The number of aliphatic hydroxyl groups is 1. The molecule has 0 aliphatic carbocycles. The van der Waals surface area contributed by atoms with E-state index in [9.17, 15) is 4.79 Å². The van der Waals surface area contributed by atoms with Gasteiger partial charge in [-0.2, -0.15) is 0 Å². The van der Waals surface area contributed by atoms with Crippen molar-refractivity contribution in [3.8, 4) is 0 Å². The van der Waals surface area contributed by atoms with Crippen LogP contribution in [0, 0.1) is 6.92 Å². The molecular weight excluding hydrogens is 298 g/mol. The molecule has 1 heterocycles. The minimum absolute atomic E-state index is 0.0261.